The zero-order valence-corrected chi connectivity index (χ0v) is 12.1. The van der Waals surface area contributed by atoms with Crippen molar-refractivity contribution in [2.75, 3.05) is 6.61 Å². The lowest BCUT2D eigenvalue weighted by Gasteiger charge is -2.17. The van der Waals surface area contributed by atoms with Gasteiger partial charge in [-0.2, -0.15) is 0 Å². The van der Waals surface area contributed by atoms with Gasteiger partial charge in [-0.3, -0.25) is 0 Å². The highest BCUT2D eigenvalue weighted by Gasteiger charge is 2.22. The van der Waals surface area contributed by atoms with Crippen molar-refractivity contribution in [2.45, 2.75) is 25.1 Å². The van der Waals surface area contributed by atoms with E-state index in [2.05, 4.69) is 20.7 Å². The second kappa shape index (κ2) is 5.95. The third-order valence-corrected chi connectivity index (χ3v) is 4.86. The van der Waals surface area contributed by atoms with Crippen molar-refractivity contribution in [2.24, 2.45) is 0 Å². The van der Waals surface area contributed by atoms with Crippen molar-refractivity contribution in [1.29, 1.82) is 0 Å². The fourth-order valence-corrected chi connectivity index (χ4v) is 2.78. The number of rotatable bonds is 5. The molecule has 0 saturated heterocycles. The Kier molecular flexibility index (Phi) is 5.12. The van der Waals surface area contributed by atoms with E-state index in [0.717, 1.165) is 10.0 Å². The normalized spacial score (nSPS) is 15.5. The van der Waals surface area contributed by atoms with Gasteiger partial charge in [0.25, 0.3) is 0 Å². The number of aliphatic hydroxyl groups excluding tert-OH is 1. The van der Waals surface area contributed by atoms with Crippen LogP contribution in [0.4, 0.5) is 0 Å². The second-order valence-corrected chi connectivity index (χ2v) is 6.98. The van der Waals surface area contributed by atoms with E-state index in [1.54, 1.807) is 6.92 Å². The van der Waals surface area contributed by atoms with Gasteiger partial charge in [0, 0.05) is 10.5 Å². The van der Waals surface area contributed by atoms with Crippen LogP contribution in [-0.4, -0.2) is 25.4 Å². The second-order valence-electron chi connectivity index (χ2n) is 3.93. The van der Waals surface area contributed by atoms with Crippen LogP contribution in [0.25, 0.3) is 0 Å². The Balaban J connectivity index is 2.83. The first kappa shape index (κ1) is 14.6. The van der Waals surface area contributed by atoms with E-state index >= 15 is 0 Å². The highest BCUT2D eigenvalue weighted by atomic mass is 79.9. The number of aliphatic hydroxyl groups is 1. The minimum Gasteiger partial charge on any atom is -0.395 e. The molecule has 96 valence electrons. The smallest absolute Gasteiger partial charge is 0.217 e. The predicted octanol–water partition coefficient (Wildman–Crippen LogP) is 1.81. The van der Waals surface area contributed by atoms with Crippen LogP contribution in [0.1, 0.15) is 25.5 Å². The topological polar surface area (TPSA) is 66.4 Å². The molecule has 0 saturated carbocycles. The molecule has 2 atom stereocenters. The summed E-state index contributed by atoms with van der Waals surface area (Å²) in [5.74, 6) is 0. The molecule has 4 nitrogen and oxygen atoms in total. The first-order valence-corrected chi connectivity index (χ1v) is 7.58. The van der Waals surface area contributed by atoms with E-state index < -0.39 is 15.3 Å². The van der Waals surface area contributed by atoms with Crippen molar-refractivity contribution in [3.63, 3.8) is 0 Å². The summed E-state index contributed by atoms with van der Waals surface area (Å²) in [5, 5.41) is 8.06. The molecule has 0 spiro atoms. The number of hydrogen-bond acceptors (Lipinski definition) is 3. The molecule has 1 rings (SSSR count). The molecule has 0 radical (unpaired) electrons. The Morgan fingerprint density at radius 3 is 2.59 bits per heavy atom. The molecule has 1 aromatic rings. The summed E-state index contributed by atoms with van der Waals surface area (Å²) in [7, 11) is -3.49. The summed E-state index contributed by atoms with van der Waals surface area (Å²) in [4.78, 5) is 0. The molecule has 0 heterocycles. The summed E-state index contributed by atoms with van der Waals surface area (Å²) in [6.45, 7) is 2.85. The molecule has 6 heteroatoms. The van der Waals surface area contributed by atoms with Crippen LogP contribution >= 0.6 is 15.9 Å². The molecule has 17 heavy (non-hydrogen) atoms. The van der Waals surface area contributed by atoms with Gasteiger partial charge in [-0.05, 0) is 31.5 Å². The van der Waals surface area contributed by atoms with Crippen LogP contribution in [0.2, 0.25) is 0 Å². The van der Waals surface area contributed by atoms with Gasteiger partial charge in [-0.1, -0.05) is 28.1 Å². The average molecular weight is 322 g/mol. The van der Waals surface area contributed by atoms with Crippen LogP contribution in [-0.2, 0) is 10.0 Å². The molecule has 0 bridgehead atoms. The molecule has 0 fully saturated rings. The van der Waals surface area contributed by atoms with E-state index in [1.165, 1.54) is 6.92 Å². The summed E-state index contributed by atoms with van der Waals surface area (Å²) in [6.07, 6.45) is 0. The summed E-state index contributed by atoms with van der Waals surface area (Å²) < 4.78 is 26.9. The quantitative estimate of drug-likeness (QED) is 0.869. The van der Waals surface area contributed by atoms with Crippen LogP contribution in [0.3, 0.4) is 0 Å². The largest absolute Gasteiger partial charge is 0.395 e. The number of nitrogens with one attached hydrogen (secondary N) is 1. The highest BCUT2D eigenvalue weighted by molar-refractivity contribution is 9.10. The van der Waals surface area contributed by atoms with Gasteiger partial charge in [-0.15, -0.1) is 0 Å². The molecule has 0 aliphatic heterocycles. The van der Waals surface area contributed by atoms with Gasteiger partial charge < -0.3 is 5.11 Å². The lowest BCUT2D eigenvalue weighted by Crippen LogP contribution is -2.36. The zero-order chi connectivity index (χ0) is 13.1. The first-order valence-electron chi connectivity index (χ1n) is 5.24. The maximum atomic E-state index is 11.7. The molecular formula is C11H16BrNO3S. The van der Waals surface area contributed by atoms with Crippen molar-refractivity contribution in [1.82, 2.24) is 4.72 Å². The van der Waals surface area contributed by atoms with Crippen LogP contribution in [0.15, 0.2) is 28.7 Å². The number of benzene rings is 1. The van der Waals surface area contributed by atoms with Crippen molar-refractivity contribution < 1.29 is 13.5 Å². The third kappa shape index (κ3) is 4.06. The third-order valence-electron chi connectivity index (χ3n) is 2.48. The van der Waals surface area contributed by atoms with Gasteiger partial charge in [0.05, 0.1) is 11.9 Å². The monoisotopic (exact) mass is 321 g/mol. The van der Waals surface area contributed by atoms with E-state index in [9.17, 15) is 8.42 Å². The highest BCUT2D eigenvalue weighted by Crippen LogP contribution is 2.19. The zero-order valence-electron chi connectivity index (χ0n) is 9.72. The fourth-order valence-electron chi connectivity index (χ4n) is 1.30. The van der Waals surface area contributed by atoms with E-state index in [-0.39, 0.29) is 12.6 Å². The molecule has 0 aliphatic rings. The van der Waals surface area contributed by atoms with Gasteiger partial charge in [0.1, 0.15) is 0 Å². The van der Waals surface area contributed by atoms with Crippen LogP contribution in [0.5, 0.6) is 0 Å². The lowest BCUT2D eigenvalue weighted by molar-refractivity contribution is 0.294. The molecule has 2 N–H and O–H groups in total. The Hall–Kier alpha value is -0.430. The Labute approximate surface area is 110 Å². The maximum Gasteiger partial charge on any atom is 0.217 e. The molecule has 1 aromatic carbocycles. The van der Waals surface area contributed by atoms with E-state index in [0.29, 0.717) is 0 Å². The van der Waals surface area contributed by atoms with E-state index in [1.807, 2.05) is 24.3 Å². The minimum atomic E-state index is -3.49. The fraction of sp³-hybridized carbons (Fsp3) is 0.455. The average Bonchev–Trinajstić information content (AvgIpc) is 2.27. The Morgan fingerprint density at radius 2 is 2.06 bits per heavy atom. The summed E-state index contributed by atoms with van der Waals surface area (Å²) in [5.41, 5.74) is 0.869. The van der Waals surface area contributed by atoms with Crippen molar-refractivity contribution in [3.8, 4) is 0 Å². The minimum absolute atomic E-state index is 0.327. The molecule has 2 unspecified atom stereocenters. The summed E-state index contributed by atoms with van der Waals surface area (Å²) >= 11 is 3.34. The van der Waals surface area contributed by atoms with Crippen molar-refractivity contribution >= 4 is 26.0 Å². The lowest BCUT2D eigenvalue weighted by atomic mass is 10.1. The number of halogens is 1. The van der Waals surface area contributed by atoms with Gasteiger partial charge in [0.15, 0.2) is 0 Å². The number of hydrogen-bond donors (Lipinski definition) is 2. The molecular weight excluding hydrogens is 306 g/mol. The molecule has 0 aromatic heterocycles. The van der Waals surface area contributed by atoms with Crippen LogP contribution < -0.4 is 4.72 Å². The van der Waals surface area contributed by atoms with Gasteiger partial charge in [-0.25, -0.2) is 13.1 Å². The van der Waals surface area contributed by atoms with Gasteiger partial charge in [0.2, 0.25) is 10.0 Å². The van der Waals surface area contributed by atoms with E-state index in [4.69, 9.17) is 5.11 Å². The molecule has 0 aliphatic carbocycles. The number of sulfonamides is 1. The standard InChI is InChI=1S/C11H16BrNO3S/c1-8(7-14)17(15,16)13-9(2)10-4-3-5-11(12)6-10/h3-6,8-9,13-14H,7H2,1-2H3. The predicted molar refractivity (Wildman–Crippen MR) is 71.2 cm³/mol. The summed E-state index contributed by atoms with van der Waals surface area (Å²) in [6, 6.07) is 7.10. The Bertz CT molecular complexity index is 475. The SMILES string of the molecule is CC(NS(=O)(=O)C(C)CO)c1cccc(Br)c1. The molecule has 0 amide bonds. The van der Waals surface area contributed by atoms with Crippen LogP contribution in [0, 0.1) is 0 Å². The maximum absolute atomic E-state index is 11.7. The van der Waals surface area contributed by atoms with Crippen molar-refractivity contribution in [3.05, 3.63) is 34.3 Å². The first-order chi connectivity index (χ1) is 7.86. The van der Waals surface area contributed by atoms with Gasteiger partial charge >= 0.3 is 0 Å². The Morgan fingerprint density at radius 1 is 1.41 bits per heavy atom.